The van der Waals surface area contributed by atoms with E-state index in [2.05, 4.69) is 68.4 Å². The monoisotopic (exact) mass is 1040 g/mol. The second-order valence-corrected chi connectivity index (χ2v) is 77.6. The Hall–Kier alpha value is 1.48. The first kappa shape index (κ1) is 54.5. The third-order valence-electron chi connectivity index (χ3n) is 9.53. The molecular formula is C42H84O5S4Sn2. The molecule has 0 aliphatic rings. The van der Waals surface area contributed by atoms with E-state index in [1.54, 1.807) is 0 Å². The number of unbranched alkanes of at least 4 members (excludes halogenated alkanes) is 9. The number of hydrogen-bond acceptors (Lipinski definition) is 9. The molecule has 0 aliphatic heterocycles. The minimum absolute atomic E-state index is 0.0826. The Kier molecular flexibility index (Phi) is 36.4. The van der Waals surface area contributed by atoms with E-state index in [0.717, 1.165) is 71.4 Å². The van der Waals surface area contributed by atoms with Gasteiger partial charge in [0.05, 0.1) is 0 Å². The zero-order valence-corrected chi connectivity index (χ0v) is 45.0. The van der Waals surface area contributed by atoms with Gasteiger partial charge in [-0.1, -0.05) is 0 Å². The van der Waals surface area contributed by atoms with Crippen LogP contribution >= 0.6 is 36.2 Å². The van der Waals surface area contributed by atoms with Crippen molar-refractivity contribution in [3.63, 3.8) is 0 Å². The molecule has 0 aliphatic carbocycles. The zero-order chi connectivity index (χ0) is 39.8. The molecule has 0 amide bonds. The Labute approximate surface area is 349 Å². The van der Waals surface area contributed by atoms with Crippen molar-refractivity contribution >= 4 is 84.5 Å². The van der Waals surface area contributed by atoms with E-state index in [1.165, 1.54) is 79.5 Å². The molecular weight excluding hydrogens is 950 g/mol. The van der Waals surface area contributed by atoms with Gasteiger partial charge in [0.1, 0.15) is 0 Å². The first-order valence-electron chi connectivity index (χ1n) is 21.8. The molecule has 0 aromatic carbocycles. The predicted molar refractivity (Wildman–Crippen MR) is 248 cm³/mol. The molecule has 5 nitrogen and oxygen atoms in total. The summed E-state index contributed by atoms with van der Waals surface area (Å²) < 4.78 is 22.7. The molecule has 0 saturated heterocycles. The van der Waals surface area contributed by atoms with Crippen molar-refractivity contribution in [2.45, 2.75) is 196 Å². The molecule has 0 bridgehead atoms. The van der Waals surface area contributed by atoms with E-state index < -0.39 is 31.2 Å². The maximum absolute atomic E-state index is 13.3. The van der Waals surface area contributed by atoms with Crippen molar-refractivity contribution in [2.24, 2.45) is 17.8 Å². The van der Waals surface area contributed by atoms with Gasteiger partial charge >= 0.3 is 353 Å². The van der Waals surface area contributed by atoms with Crippen LogP contribution in [0.5, 0.6) is 0 Å². The summed E-state index contributed by atoms with van der Waals surface area (Å²) in [4.78, 5) is 26.6. The van der Waals surface area contributed by atoms with Crippen LogP contribution in [0.3, 0.4) is 0 Å². The fourth-order valence-corrected chi connectivity index (χ4v) is 184. The third kappa shape index (κ3) is 32.1. The SMILES string of the molecule is CCC[CH2][Sn]([CH2]CCC)([CH2]C(=S)OCCCCCC(C)C)[S][Sn]([CH2]CCC)([S]CC(=O)OCCCCCC(C)C)[S]CC(=O)OCCCCCC(C)C. The van der Waals surface area contributed by atoms with Crippen molar-refractivity contribution in [3.8, 4) is 0 Å². The number of ether oxygens (including phenoxy) is 3. The van der Waals surface area contributed by atoms with Gasteiger partial charge in [-0.2, -0.15) is 0 Å². The van der Waals surface area contributed by atoms with Crippen LogP contribution in [0.25, 0.3) is 0 Å². The number of hydrogen-bond donors (Lipinski definition) is 0. The van der Waals surface area contributed by atoms with Gasteiger partial charge in [-0.05, 0) is 0 Å². The average Bonchev–Trinajstić information content (AvgIpc) is 3.11. The Balaban J connectivity index is 6.09. The number of carbonyl (C=O) groups is 2. The molecule has 0 rings (SSSR count). The van der Waals surface area contributed by atoms with E-state index in [0.29, 0.717) is 36.6 Å². The Bertz CT molecular complexity index is 878. The number of esters is 2. The third-order valence-corrected chi connectivity index (χ3v) is 125. The molecule has 314 valence electrons. The summed E-state index contributed by atoms with van der Waals surface area (Å²) >= 11 is -0.302. The molecule has 11 heteroatoms. The van der Waals surface area contributed by atoms with Crippen molar-refractivity contribution in [1.29, 1.82) is 0 Å². The maximum atomic E-state index is 13.3. The molecule has 0 heterocycles. The van der Waals surface area contributed by atoms with E-state index >= 15 is 0 Å². The molecule has 0 fully saturated rings. The van der Waals surface area contributed by atoms with Crippen LogP contribution in [0.4, 0.5) is 0 Å². The van der Waals surface area contributed by atoms with E-state index in [-0.39, 0.29) is 11.9 Å². The molecule has 0 N–H and O–H groups in total. The second-order valence-electron chi connectivity index (χ2n) is 16.4. The van der Waals surface area contributed by atoms with E-state index in [9.17, 15) is 9.59 Å². The van der Waals surface area contributed by atoms with Gasteiger partial charge in [-0.15, -0.1) is 0 Å². The van der Waals surface area contributed by atoms with Gasteiger partial charge in [0, 0.05) is 0 Å². The molecule has 0 aromatic heterocycles. The Morgan fingerprint density at radius 2 is 0.906 bits per heavy atom. The molecule has 0 radical (unpaired) electrons. The quantitative estimate of drug-likeness (QED) is 0.0262. The summed E-state index contributed by atoms with van der Waals surface area (Å²) in [7, 11) is 3.88. The van der Waals surface area contributed by atoms with Crippen LogP contribution < -0.4 is 0 Å². The van der Waals surface area contributed by atoms with Crippen LogP contribution in [-0.4, -0.2) is 79.5 Å². The molecule has 0 atom stereocenters. The fourth-order valence-electron chi connectivity index (χ4n) is 6.24. The molecule has 0 spiro atoms. The van der Waals surface area contributed by atoms with Gasteiger partial charge in [-0.25, -0.2) is 0 Å². The number of thiocarbonyl (C=S) groups is 1. The molecule has 0 aromatic rings. The summed E-state index contributed by atoms with van der Waals surface area (Å²) in [5.41, 5.74) is 0. The molecule has 0 unspecified atom stereocenters. The molecule has 53 heavy (non-hydrogen) atoms. The summed E-state index contributed by atoms with van der Waals surface area (Å²) in [5, 5.41) is 0.837. The van der Waals surface area contributed by atoms with Gasteiger partial charge in [-0.3, -0.25) is 0 Å². The normalized spacial score (nSPS) is 12.2. The van der Waals surface area contributed by atoms with Gasteiger partial charge in [0.2, 0.25) is 0 Å². The summed E-state index contributed by atoms with van der Waals surface area (Å²) in [6.45, 7) is 22.3. The van der Waals surface area contributed by atoms with Crippen LogP contribution in [0.2, 0.25) is 17.7 Å². The average molecular weight is 1030 g/mol. The van der Waals surface area contributed by atoms with Crippen LogP contribution in [-0.2, 0) is 23.8 Å². The van der Waals surface area contributed by atoms with E-state index in [1.807, 2.05) is 17.9 Å². The minimum atomic E-state index is -3.35. The van der Waals surface area contributed by atoms with Gasteiger partial charge in [0.15, 0.2) is 0 Å². The standard InChI is InChI=1S/2C10H20O2S.C10H19OS.3C4H9.S.2Sn/c2*1-9(2)6-4-3-5-7-12-10(11)8-13;1-9(2)7-5-4-6-8-11-10(3)12;3*1-3-4-2;;;/h2*9,13H,3-8H2,1-2H3;9H,3-8H2,1-2H3;3*1,3-4H2,2H3;;;/q;;;;;;;;+2/p-2. The van der Waals surface area contributed by atoms with Crippen LogP contribution in [0.15, 0.2) is 0 Å². The summed E-state index contributed by atoms with van der Waals surface area (Å²) in [6, 6.07) is 0. The van der Waals surface area contributed by atoms with Crippen LogP contribution in [0, 0.1) is 17.8 Å². The fraction of sp³-hybridized carbons (Fsp3) is 0.929. The van der Waals surface area contributed by atoms with Gasteiger partial charge < -0.3 is 0 Å². The van der Waals surface area contributed by atoms with Crippen LogP contribution in [0.1, 0.15) is 178 Å². The molecule has 0 saturated carbocycles. The van der Waals surface area contributed by atoms with Crippen molar-refractivity contribution in [2.75, 3.05) is 31.3 Å². The Morgan fingerprint density at radius 1 is 0.528 bits per heavy atom. The summed E-state index contributed by atoms with van der Waals surface area (Å²) in [6.07, 6.45) is 23.2. The summed E-state index contributed by atoms with van der Waals surface area (Å²) in [5.74, 6) is 2.81. The van der Waals surface area contributed by atoms with Gasteiger partial charge in [0.25, 0.3) is 0 Å². The first-order valence-corrected chi connectivity index (χ1v) is 47.0. The number of rotatable bonds is 37. The first-order chi connectivity index (χ1) is 25.3. The second kappa shape index (κ2) is 35.4. The number of carbonyl (C=O) groups excluding carboxylic acids is 2. The van der Waals surface area contributed by atoms with E-state index in [4.69, 9.17) is 26.4 Å². The topological polar surface area (TPSA) is 61.8 Å². The predicted octanol–water partition coefficient (Wildman–Crippen LogP) is 14.6. The van der Waals surface area contributed by atoms with Crippen molar-refractivity contribution < 1.29 is 23.8 Å². The van der Waals surface area contributed by atoms with Crippen molar-refractivity contribution in [3.05, 3.63) is 0 Å². The Morgan fingerprint density at radius 3 is 1.28 bits per heavy atom. The zero-order valence-electron chi connectivity index (χ0n) is 36.0. The van der Waals surface area contributed by atoms with Crippen molar-refractivity contribution in [1.82, 2.24) is 0 Å².